The van der Waals surface area contributed by atoms with Crippen LogP contribution in [0.15, 0.2) is 12.4 Å². The van der Waals surface area contributed by atoms with Gasteiger partial charge < -0.3 is 10.2 Å². The molecule has 0 aromatic carbocycles. The predicted octanol–water partition coefficient (Wildman–Crippen LogP) is 1.13. The van der Waals surface area contributed by atoms with Crippen molar-refractivity contribution in [2.45, 2.75) is 19.3 Å². The smallest absolute Gasteiger partial charge is 0.284 e. The molecule has 1 amide bonds. The SMILES string of the molecule is O=C1CC2(CCN(c3nccnc3C(F)F)C2)CN1. The Hall–Kier alpha value is -1.79. The molecule has 19 heavy (non-hydrogen) atoms. The van der Waals surface area contributed by atoms with E-state index in [1.807, 2.05) is 4.90 Å². The molecular formula is C12H14F2N4O. The Morgan fingerprint density at radius 1 is 1.37 bits per heavy atom. The van der Waals surface area contributed by atoms with Crippen LogP contribution in [0.1, 0.15) is 25.0 Å². The molecule has 2 saturated heterocycles. The first-order chi connectivity index (χ1) is 9.10. The molecule has 0 aliphatic carbocycles. The molecular weight excluding hydrogens is 254 g/mol. The predicted molar refractivity (Wildman–Crippen MR) is 63.9 cm³/mol. The van der Waals surface area contributed by atoms with Crippen molar-refractivity contribution >= 4 is 11.7 Å². The molecule has 1 spiro atoms. The summed E-state index contributed by atoms with van der Waals surface area (Å²) in [6, 6.07) is 0. The molecule has 0 saturated carbocycles. The first-order valence-corrected chi connectivity index (χ1v) is 6.20. The molecule has 3 rings (SSSR count). The highest BCUT2D eigenvalue weighted by Crippen LogP contribution is 2.39. The zero-order valence-corrected chi connectivity index (χ0v) is 10.3. The minimum absolute atomic E-state index is 0.0371. The van der Waals surface area contributed by atoms with Crippen molar-refractivity contribution < 1.29 is 13.6 Å². The van der Waals surface area contributed by atoms with Crippen LogP contribution in [0.4, 0.5) is 14.6 Å². The van der Waals surface area contributed by atoms with Crippen LogP contribution >= 0.6 is 0 Å². The molecule has 1 atom stereocenters. The van der Waals surface area contributed by atoms with Crippen molar-refractivity contribution in [1.82, 2.24) is 15.3 Å². The number of anilines is 1. The van der Waals surface area contributed by atoms with Crippen LogP contribution in [0.5, 0.6) is 0 Å². The lowest BCUT2D eigenvalue weighted by Crippen LogP contribution is -2.30. The molecule has 2 aliphatic rings. The number of aromatic nitrogens is 2. The summed E-state index contributed by atoms with van der Waals surface area (Å²) in [4.78, 5) is 20.9. The van der Waals surface area contributed by atoms with Crippen molar-refractivity contribution in [3.63, 3.8) is 0 Å². The van der Waals surface area contributed by atoms with Gasteiger partial charge in [0.25, 0.3) is 6.43 Å². The average molecular weight is 268 g/mol. The zero-order chi connectivity index (χ0) is 13.5. The van der Waals surface area contributed by atoms with Crippen LogP contribution in [0, 0.1) is 5.41 Å². The Balaban J connectivity index is 1.83. The van der Waals surface area contributed by atoms with E-state index in [9.17, 15) is 13.6 Å². The summed E-state index contributed by atoms with van der Waals surface area (Å²) in [6.07, 6.45) is 1.34. The summed E-state index contributed by atoms with van der Waals surface area (Å²) in [7, 11) is 0. The van der Waals surface area contributed by atoms with E-state index in [2.05, 4.69) is 15.3 Å². The Kier molecular flexibility index (Phi) is 2.83. The second kappa shape index (κ2) is 4.40. The van der Waals surface area contributed by atoms with Gasteiger partial charge in [-0.25, -0.2) is 18.7 Å². The number of rotatable bonds is 2. The monoisotopic (exact) mass is 268 g/mol. The van der Waals surface area contributed by atoms with Gasteiger partial charge in [-0.3, -0.25) is 4.79 Å². The average Bonchev–Trinajstić information content (AvgIpc) is 2.97. The fraction of sp³-hybridized carbons (Fsp3) is 0.583. The Morgan fingerprint density at radius 3 is 2.84 bits per heavy atom. The molecule has 0 bridgehead atoms. The fourth-order valence-corrected chi connectivity index (χ4v) is 2.90. The third kappa shape index (κ3) is 2.13. The normalized spacial score (nSPS) is 26.5. The topological polar surface area (TPSA) is 58.1 Å². The van der Waals surface area contributed by atoms with Crippen molar-refractivity contribution in [2.75, 3.05) is 24.5 Å². The van der Waals surface area contributed by atoms with Crippen molar-refractivity contribution in [1.29, 1.82) is 0 Å². The molecule has 1 unspecified atom stereocenters. The van der Waals surface area contributed by atoms with E-state index in [1.54, 1.807) is 0 Å². The van der Waals surface area contributed by atoms with Gasteiger partial charge in [0.15, 0.2) is 5.82 Å². The lowest BCUT2D eigenvalue weighted by molar-refractivity contribution is -0.119. The summed E-state index contributed by atoms with van der Waals surface area (Å²) < 4.78 is 25.8. The van der Waals surface area contributed by atoms with E-state index >= 15 is 0 Å². The molecule has 102 valence electrons. The second-order valence-electron chi connectivity index (χ2n) is 5.19. The van der Waals surface area contributed by atoms with E-state index in [0.29, 0.717) is 26.1 Å². The standard InChI is InChI=1S/C12H14F2N4O/c13-10(14)9-11(16-3-2-15-9)18-4-1-12(7-18)5-8(19)17-6-12/h2-3,10H,1,4-7H2,(H,17,19). The van der Waals surface area contributed by atoms with Crippen molar-refractivity contribution in [2.24, 2.45) is 5.41 Å². The third-order valence-electron chi connectivity index (χ3n) is 3.85. The molecule has 0 radical (unpaired) electrons. The maximum absolute atomic E-state index is 12.9. The molecule has 1 aromatic rings. The Morgan fingerprint density at radius 2 is 2.16 bits per heavy atom. The van der Waals surface area contributed by atoms with Crippen LogP contribution < -0.4 is 10.2 Å². The van der Waals surface area contributed by atoms with Crippen LogP contribution in [-0.2, 0) is 4.79 Å². The summed E-state index contributed by atoms with van der Waals surface area (Å²) in [6.45, 7) is 1.82. The highest BCUT2D eigenvalue weighted by molar-refractivity contribution is 5.79. The van der Waals surface area contributed by atoms with Crippen LogP contribution in [0.25, 0.3) is 0 Å². The number of hydrogen-bond acceptors (Lipinski definition) is 4. The number of carbonyl (C=O) groups is 1. The summed E-state index contributed by atoms with van der Waals surface area (Å²) in [5, 5.41) is 2.81. The maximum atomic E-state index is 12.9. The van der Waals surface area contributed by atoms with Gasteiger partial charge in [0.2, 0.25) is 5.91 Å². The lowest BCUT2D eigenvalue weighted by Gasteiger charge is -2.23. The molecule has 2 fully saturated rings. The minimum atomic E-state index is -2.64. The number of carbonyl (C=O) groups excluding carboxylic acids is 1. The van der Waals surface area contributed by atoms with Gasteiger partial charge in [-0.2, -0.15) is 0 Å². The van der Waals surface area contributed by atoms with Crippen molar-refractivity contribution in [3.8, 4) is 0 Å². The van der Waals surface area contributed by atoms with Crippen molar-refractivity contribution in [3.05, 3.63) is 18.1 Å². The molecule has 2 aliphatic heterocycles. The number of nitrogens with one attached hydrogen (secondary N) is 1. The van der Waals surface area contributed by atoms with E-state index in [-0.39, 0.29) is 22.8 Å². The van der Waals surface area contributed by atoms with Gasteiger partial charge in [0.05, 0.1) is 0 Å². The van der Waals surface area contributed by atoms with E-state index in [4.69, 9.17) is 0 Å². The van der Waals surface area contributed by atoms with Gasteiger partial charge >= 0.3 is 0 Å². The minimum Gasteiger partial charge on any atom is -0.355 e. The number of halogens is 2. The first kappa shape index (κ1) is 12.3. The van der Waals surface area contributed by atoms with Gasteiger partial charge in [-0.1, -0.05) is 0 Å². The highest BCUT2D eigenvalue weighted by Gasteiger charge is 2.44. The number of hydrogen-bond donors (Lipinski definition) is 1. The van der Waals surface area contributed by atoms with Gasteiger partial charge in [0, 0.05) is 43.9 Å². The van der Waals surface area contributed by atoms with Gasteiger partial charge in [-0.15, -0.1) is 0 Å². The molecule has 7 heteroatoms. The van der Waals surface area contributed by atoms with E-state index in [0.717, 1.165) is 6.42 Å². The largest absolute Gasteiger partial charge is 0.355 e. The van der Waals surface area contributed by atoms with Gasteiger partial charge in [-0.05, 0) is 6.42 Å². The summed E-state index contributed by atoms with van der Waals surface area (Å²) in [5.41, 5.74) is -0.412. The van der Waals surface area contributed by atoms with E-state index < -0.39 is 6.43 Å². The summed E-state index contributed by atoms with van der Waals surface area (Å²) >= 11 is 0. The van der Waals surface area contributed by atoms with E-state index in [1.165, 1.54) is 12.4 Å². The van der Waals surface area contributed by atoms with Crippen LogP contribution in [0.3, 0.4) is 0 Å². The molecule has 1 N–H and O–H groups in total. The molecule has 5 nitrogen and oxygen atoms in total. The zero-order valence-electron chi connectivity index (χ0n) is 10.3. The number of amides is 1. The molecule has 1 aromatic heterocycles. The maximum Gasteiger partial charge on any atom is 0.284 e. The second-order valence-corrected chi connectivity index (χ2v) is 5.19. The third-order valence-corrected chi connectivity index (χ3v) is 3.85. The van der Waals surface area contributed by atoms with Gasteiger partial charge in [0.1, 0.15) is 5.69 Å². The summed E-state index contributed by atoms with van der Waals surface area (Å²) in [5.74, 6) is 0.281. The van der Waals surface area contributed by atoms with Crippen LogP contribution in [-0.4, -0.2) is 35.5 Å². The number of alkyl halides is 2. The highest BCUT2D eigenvalue weighted by atomic mass is 19.3. The fourth-order valence-electron chi connectivity index (χ4n) is 2.90. The quantitative estimate of drug-likeness (QED) is 0.873. The Bertz CT molecular complexity index is 510. The Labute approximate surface area is 109 Å². The first-order valence-electron chi connectivity index (χ1n) is 6.20. The molecule has 3 heterocycles. The lowest BCUT2D eigenvalue weighted by atomic mass is 9.86. The van der Waals surface area contributed by atoms with Crippen LogP contribution in [0.2, 0.25) is 0 Å². The number of nitrogens with zero attached hydrogens (tertiary/aromatic N) is 3.